The van der Waals surface area contributed by atoms with E-state index in [-0.39, 0.29) is 5.91 Å². The number of nitrogens with zero attached hydrogens (tertiary/aromatic N) is 7. The summed E-state index contributed by atoms with van der Waals surface area (Å²) in [4.78, 5) is 23.0. The van der Waals surface area contributed by atoms with Crippen LogP contribution in [0, 0.1) is 6.92 Å². The predicted molar refractivity (Wildman–Crippen MR) is 115 cm³/mol. The summed E-state index contributed by atoms with van der Waals surface area (Å²) in [5.74, 6) is -0.00182. The van der Waals surface area contributed by atoms with Gasteiger partial charge in [0.25, 0.3) is 5.91 Å². The molecule has 1 amide bonds. The van der Waals surface area contributed by atoms with Crippen LogP contribution < -0.4 is 0 Å². The molecule has 8 nitrogen and oxygen atoms in total. The van der Waals surface area contributed by atoms with Crippen LogP contribution in [0.4, 0.5) is 0 Å². The number of carbonyl (C=O) groups excluding carboxylic acids is 1. The van der Waals surface area contributed by atoms with Crippen molar-refractivity contribution in [2.45, 2.75) is 13.5 Å². The number of thiophene rings is 1. The van der Waals surface area contributed by atoms with Crippen LogP contribution in [0.25, 0.3) is 16.2 Å². The van der Waals surface area contributed by atoms with Gasteiger partial charge >= 0.3 is 0 Å². The highest BCUT2D eigenvalue weighted by Crippen LogP contribution is 2.25. The third-order valence-electron chi connectivity index (χ3n) is 5.57. The van der Waals surface area contributed by atoms with E-state index in [2.05, 4.69) is 26.3 Å². The fourth-order valence-electron chi connectivity index (χ4n) is 3.98. The van der Waals surface area contributed by atoms with E-state index < -0.39 is 0 Å². The summed E-state index contributed by atoms with van der Waals surface area (Å²) in [6.07, 6.45) is 5.47. The Morgan fingerprint density at radius 3 is 2.73 bits per heavy atom. The van der Waals surface area contributed by atoms with Crippen LogP contribution in [-0.2, 0) is 13.6 Å². The maximum atomic E-state index is 13.2. The van der Waals surface area contributed by atoms with E-state index in [4.69, 9.17) is 0 Å². The zero-order chi connectivity index (χ0) is 20.7. The normalized spacial score (nSPS) is 15.2. The number of rotatable bonds is 4. The fraction of sp³-hybridized carbons (Fsp3) is 0.333. The van der Waals surface area contributed by atoms with Crippen molar-refractivity contribution in [3.8, 4) is 10.6 Å². The molecule has 1 aliphatic heterocycles. The minimum atomic E-state index is -0.00182. The van der Waals surface area contributed by atoms with Gasteiger partial charge in [0.1, 0.15) is 5.56 Å². The van der Waals surface area contributed by atoms with Gasteiger partial charge in [-0.15, -0.1) is 11.3 Å². The second kappa shape index (κ2) is 7.66. The molecule has 1 aliphatic rings. The number of fused-ring (bicyclic) bond motifs is 1. The van der Waals surface area contributed by atoms with Crippen molar-refractivity contribution in [1.29, 1.82) is 0 Å². The molecule has 0 saturated carbocycles. The summed E-state index contributed by atoms with van der Waals surface area (Å²) in [6, 6.07) is 5.99. The number of hydrogen-bond donors (Lipinski definition) is 0. The molecular formula is C21H23N7OS. The highest BCUT2D eigenvalue weighted by atomic mass is 32.1. The lowest BCUT2D eigenvalue weighted by Gasteiger charge is -2.34. The summed E-state index contributed by atoms with van der Waals surface area (Å²) in [7, 11) is 1.95. The Hall–Kier alpha value is -3.04. The van der Waals surface area contributed by atoms with Crippen LogP contribution in [0.15, 0.2) is 42.2 Å². The lowest BCUT2D eigenvalue weighted by atomic mass is 10.2. The molecule has 0 spiro atoms. The highest BCUT2D eigenvalue weighted by Gasteiger charge is 2.26. The van der Waals surface area contributed by atoms with E-state index >= 15 is 0 Å². The first-order chi connectivity index (χ1) is 14.6. The Balaban J connectivity index is 1.31. The molecule has 0 radical (unpaired) electrons. The Labute approximate surface area is 178 Å². The molecular weight excluding hydrogens is 398 g/mol. The molecule has 30 heavy (non-hydrogen) atoms. The predicted octanol–water partition coefficient (Wildman–Crippen LogP) is 2.46. The molecule has 4 aromatic heterocycles. The number of aromatic nitrogens is 5. The summed E-state index contributed by atoms with van der Waals surface area (Å²) in [6.45, 7) is 5.97. The number of piperazine rings is 1. The monoisotopic (exact) mass is 421 g/mol. The number of hydrogen-bond acceptors (Lipinski definition) is 6. The van der Waals surface area contributed by atoms with Gasteiger partial charge in [0.15, 0.2) is 5.65 Å². The van der Waals surface area contributed by atoms with Crippen molar-refractivity contribution in [2.24, 2.45) is 7.05 Å². The van der Waals surface area contributed by atoms with E-state index in [1.165, 1.54) is 5.56 Å². The fourth-order valence-corrected chi connectivity index (χ4v) is 4.71. The zero-order valence-corrected chi connectivity index (χ0v) is 17.8. The van der Waals surface area contributed by atoms with E-state index in [9.17, 15) is 4.79 Å². The van der Waals surface area contributed by atoms with Crippen molar-refractivity contribution in [3.63, 3.8) is 0 Å². The SMILES string of the molecule is Cc1nn(C)cc1CN1CCN(C(=O)c2cnn3c(-c4cccs4)ccnc23)CC1. The van der Waals surface area contributed by atoms with Gasteiger partial charge in [-0.3, -0.25) is 14.4 Å². The second-order valence-electron chi connectivity index (χ2n) is 7.58. The lowest BCUT2D eigenvalue weighted by molar-refractivity contribution is 0.0630. The highest BCUT2D eigenvalue weighted by molar-refractivity contribution is 7.13. The third-order valence-corrected chi connectivity index (χ3v) is 6.47. The molecule has 0 atom stereocenters. The smallest absolute Gasteiger partial charge is 0.259 e. The molecule has 4 aromatic rings. The van der Waals surface area contributed by atoms with Crippen LogP contribution in [0.2, 0.25) is 0 Å². The van der Waals surface area contributed by atoms with Gasteiger partial charge in [0.2, 0.25) is 0 Å². The summed E-state index contributed by atoms with van der Waals surface area (Å²) in [5.41, 5.74) is 4.43. The molecule has 0 bridgehead atoms. The van der Waals surface area contributed by atoms with E-state index in [0.717, 1.165) is 35.9 Å². The maximum Gasteiger partial charge on any atom is 0.259 e. The quantitative estimate of drug-likeness (QED) is 0.506. The lowest BCUT2D eigenvalue weighted by Crippen LogP contribution is -2.48. The van der Waals surface area contributed by atoms with Crippen molar-refractivity contribution in [3.05, 3.63) is 59.0 Å². The van der Waals surface area contributed by atoms with Gasteiger partial charge in [0, 0.05) is 57.7 Å². The molecule has 0 unspecified atom stereocenters. The van der Waals surface area contributed by atoms with Crippen LogP contribution in [-0.4, -0.2) is 66.3 Å². The molecule has 5 heterocycles. The number of carbonyl (C=O) groups is 1. The Kier molecular flexibility index (Phi) is 4.84. The molecule has 5 rings (SSSR count). The van der Waals surface area contributed by atoms with Gasteiger partial charge < -0.3 is 4.90 Å². The van der Waals surface area contributed by atoms with Crippen molar-refractivity contribution < 1.29 is 4.79 Å². The first-order valence-electron chi connectivity index (χ1n) is 9.97. The van der Waals surface area contributed by atoms with Crippen LogP contribution in [0.3, 0.4) is 0 Å². The largest absolute Gasteiger partial charge is 0.336 e. The van der Waals surface area contributed by atoms with Gasteiger partial charge in [-0.25, -0.2) is 9.50 Å². The van der Waals surface area contributed by atoms with E-state index in [1.54, 1.807) is 28.2 Å². The number of aryl methyl sites for hydroxylation is 2. The molecule has 9 heteroatoms. The van der Waals surface area contributed by atoms with Crippen LogP contribution in [0.5, 0.6) is 0 Å². The Morgan fingerprint density at radius 2 is 2.03 bits per heavy atom. The molecule has 0 aromatic carbocycles. The second-order valence-corrected chi connectivity index (χ2v) is 8.53. The summed E-state index contributed by atoms with van der Waals surface area (Å²) >= 11 is 1.64. The maximum absolute atomic E-state index is 13.2. The third kappa shape index (κ3) is 3.40. The number of amides is 1. The van der Waals surface area contributed by atoms with Crippen molar-refractivity contribution in [2.75, 3.05) is 26.2 Å². The van der Waals surface area contributed by atoms with Gasteiger partial charge in [-0.1, -0.05) is 6.07 Å². The van der Waals surface area contributed by atoms with Gasteiger partial charge in [0.05, 0.1) is 22.5 Å². The first-order valence-corrected chi connectivity index (χ1v) is 10.9. The average Bonchev–Trinajstić information content (AvgIpc) is 3.48. The topological polar surface area (TPSA) is 71.6 Å². The Morgan fingerprint density at radius 1 is 1.20 bits per heavy atom. The average molecular weight is 422 g/mol. The van der Waals surface area contributed by atoms with Crippen LogP contribution in [0.1, 0.15) is 21.6 Å². The zero-order valence-electron chi connectivity index (χ0n) is 17.0. The molecule has 1 saturated heterocycles. The standard InChI is InChI=1S/C21H23N7OS/c1-15-16(13-25(2)24-15)14-26-7-9-27(10-8-26)21(29)17-12-23-28-18(5-6-22-20(17)28)19-4-3-11-30-19/h3-6,11-13H,7-10,14H2,1-2H3. The van der Waals surface area contributed by atoms with Gasteiger partial charge in [-0.2, -0.15) is 10.2 Å². The summed E-state index contributed by atoms with van der Waals surface area (Å²) < 4.78 is 3.62. The van der Waals surface area contributed by atoms with E-state index in [1.807, 2.05) is 47.1 Å². The van der Waals surface area contributed by atoms with Gasteiger partial charge in [-0.05, 0) is 24.4 Å². The Bertz CT molecular complexity index is 1190. The van der Waals surface area contributed by atoms with Crippen molar-refractivity contribution >= 4 is 22.9 Å². The van der Waals surface area contributed by atoms with E-state index in [0.29, 0.717) is 24.3 Å². The first kappa shape index (κ1) is 19.0. The molecule has 154 valence electrons. The minimum absolute atomic E-state index is 0.00182. The molecule has 0 aliphatic carbocycles. The minimum Gasteiger partial charge on any atom is -0.336 e. The van der Waals surface area contributed by atoms with Crippen LogP contribution >= 0.6 is 11.3 Å². The molecule has 1 fully saturated rings. The summed E-state index contributed by atoms with van der Waals surface area (Å²) in [5, 5.41) is 10.9. The molecule has 0 N–H and O–H groups in total. The van der Waals surface area contributed by atoms with Crippen molar-refractivity contribution in [1.82, 2.24) is 34.2 Å².